The van der Waals surface area contributed by atoms with Crippen LogP contribution in [0.5, 0.6) is 5.75 Å². The van der Waals surface area contributed by atoms with Gasteiger partial charge in [0.2, 0.25) is 5.91 Å². The van der Waals surface area contributed by atoms with Gasteiger partial charge < -0.3 is 15.0 Å². The molecular weight excluding hydrogens is 324 g/mol. The van der Waals surface area contributed by atoms with Crippen molar-refractivity contribution in [2.75, 3.05) is 5.32 Å². The van der Waals surface area contributed by atoms with Gasteiger partial charge in [-0.25, -0.2) is 0 Å². The molecule has 0 fully saturated rings. The standard InChI is InChI=1S/C22H20N2O2/c1-2-24-19-9-5-4-8-17(19)18-14-16(11-12-20(18)24)23-22(26)13-15-7-3-6-10-21(15)25/h3-12,14,25H,2,13H2,1H3,(H,23,26). The van der Waals surface area contributed by atoms with Crippen molar-refractivity contribution in [2.45, 2.75) is 19.9 Å². The second kappa shape index (κ2) is 6.56. The number of carbonyl (C=O) groups is 1. The fourth-order valence-corrected chi connectivity index (χ4v) is 3.51. The molecule has 0 saturated carbocycles. The van der Waals surface area contributed by atoms with E-state index in [1.165, 1.54) is 10.9 Å². The van der Waals surface area contributed by atoms with Crippen molar-refractivity contribution in [3.8, 4) is 5.75 Å². The summed E-state index contributed by atoms with van der Waals surface area (Å²) in [6.45, 7) is 3.02. The lowest BCUT2D eigenvalue weighted by Crippen LogP contribution is -2.14. The van der Waals surface area contributed by atoms with E-state index in [9.17, 15) is 9.90 Å². The van der Waals surface area contributed by atoms with E-state index < -0.39 is 0 Å². The summed E-state index contributed by atoms with van der Waals surface area (Å²) in [5.74, 6) is -0.00537. The molecule has 0 aliphatic rings. The minimum Gasteiger partial charge on any atom is -0.508 e. The van der Waals surface area contributed by atoms with E-state index in [1.807, 2.05) is 30.3 Å². The van der Waals surface area contributed by atoms with E-state index in [-0.39, 0.29) is 18.1 Å². The summed E-state index contributed by atoms with van der Waals surface area (Å²) in [6.07, 6.45) is 0.140. The Labute approximate surface area is 151 Å². The number of nitrogens with one attached hydrogen (secondary N) is 1. The Hall–Kier alpha value is -3.27. The van der Waals surface area contributed by atoms with E-state index in [2.05, 4.69) is 35.0 Å². The number of phenolic OH excluding ortho intramolecular Hbond substituents is 1. The predicted octanol–water partition coefficient (Wildman–Crippen LogP) is 4.70. The van der Waals surface area contributed by atoms with Gasteiger partial charge in [0.1, 0.15) is 5.75 Å². The lowest BCUT2D eigenvalue weighted by molar-refractivity contribution is -0.115. The Balaban J connectivity index is 1.66. The second-order valence-electron chi connectivity index (χ2n) is 6.35. The molecule has 0 saturated heterocycles. The van der Waals surface area contributed by atoms with Gasteiger partial charge >= 0.3 is 0 Å². The normalized spacial score (nSPS) is 11.1. The minimum atomic E-state index is -0.148. The van der Waals surface area contributed by atoms with Gasteiger partial charge in [-0.2, -0.15) is 0 Å². The number of carbonyl (C=O) groups excluding carboxylic acids is 1. The molecule has 4 rings (SSSR count). The van der Waals surface area contributed by atoms with Crippen LogP contribution in [0.4, 0.5) is 5.69 Å². The van der Waals surface area contributed by atoms with E-state index in [0.29, 0.717) is 5.56 Å². The van der Waals surface area contributed by atoms with Crippen LogP contribution in [0, 0.1) is 0 Å². The van der Waals surface area contributed by atoms with Crippen molar-refractivity contribution < 1.29 is 9.90 Å². The Bertz CT molecular complexity index is 1110. The maximum atomic E-state index is 12.4. The maximum absolute atomic E-state index is 12.4. The van der Waals surface area contributed by atoms with Crippen molar-refractivity contribution in [1.29, 1.82) is 0 Å². The van der Waals surface area contributed by atoms with Crippen LogP contribution >= 0.6 is 0 Å². The van der Waals surface area contributed by atoms with Gasteiger partial charge in [-0.15, -0.1) is 0 Å². The van der Waals surface area contributed by atoms with Crippen LogP contribution in [0.3, 0.4) is 0 Å². The SMILES string of the molecule is CCn1c2ccccc2c2cc(NC(=O)Cc3ccccc3O)ccc21. The average molecular weight is 344 g/mol. The smallest absolute Gasteiger partial charge is 0.228 e. The van der Waals surface area contributed by atoms with Crippen LogP contribution in [0.25, 0.3) is 21.8 Å². The van der Waals surface area contributed by atoms with Gasteiger partial charge in [-0.1, -0.05) is 36.4 Å². The largest absolute Gasteiger partial charge is 0.508 e. The maximum Gasteiger partial charge on any atom is 0.228 e. The molecule has 1 aromatic heterocycles. The Morgan fingerprint density at radius 3 is 2.50 bits per heavy atom. The first kappa shape index (κ1) is 16.2. The molecule has 4 nitrogen and oxygen atoms in total. The van der Waals surface area contributed by atoms with Crippen molar-refractivity contribution in [1.82, 2.24) is 4.57 Å². The molecule has 0 unspecified atom stereocenters. The van der Waals surface area contributed by atoms with Gasteiger partial charge in [-0.05, 0) is 37.3 Å². The molecule has 4 heteroatoms. The zero-order chi connectivity index (χ0) is 18.1. The van der Waals surface area contributed by atoms with E-state index >= 15 is 0 Å². The van der Waals surface area contributed by atoms with Gasteiger partial charge in [0.05, 0.1) is 6.42 Å². The Kier molecular flexibility index (Phi) is 4.09. The molecular formula is C22H20N2O2. The fourth-order valence-electron chi connectivity index (χ4n) is 3.51. The van der Waals surface area contributed by atoms with E-state index in [1.54, 1.807) is 18.2 Å². The molecule has 0 spiro atoms. The predicted molar refractivity (Wildman–Crippen MR) is 106 cm³/mol. The summed E-state index contributed by atoms with van der Waals surface area (Å²) >= 11 is 0. The van der Waals surface area contributed by atoms with Crippen LogP contribution in [-0.4, -0.2) is 15.6 Å². The first-order chi connectivity index (χ1) is 12.7. The summed E-state index contributed by atoms with van der Waals surface area (Å²) in [4.78, 5) is 12.4. The minimum absolute atomic E-state index is 0.140. The monoisotopic (exact) mass is 344 g/mol. The summed E-state index contributed by atoms with van der Waals surface area (Å²) in [5.41, 5.74) is 3.74. The molecule has 0 radical (unpaired) electrons. The average Bonchev–Trinajstić information content (AvgIpc) is 2.97. The van der Waals surface area contributed by atoms with Crippen LogP contribution < -0.4 is 5.32 Å². The Morgan fingerprint density at radius 1 is 0.962 bits per heavy atom. The van der Waals surface area contributed by atoms with Gasteiger partial charge in [0.25, 0.3) is 0 Å². The first-order valence-electron chi connectivity index (χ1n) is 8.75. The molecule has 3 aromatic carbocycles. The van der Waals surface area contributed by atoms with E-state index in [4.69, 9.17) is 0 Å². The highest BCUT2D eigenvalue weighted by molar-refractivity contribution is 6.09. The number of hydrogen-bond donors (Lipinski definition) is 2. The second-order valence-corrected chi connectivity index (χ2v) is 6.35. The van der Waals surface area contributed by atoms with Crippen molar-refractivity contribution in [3.63, 3.8) is 0 Å². The highest BCUT2D eigenvalue weighted by Crippen LogP contribution is 2.31. The first-order valence-corrected chi connectivity index (χ1v) is 8.75. The quantitative estimate of drug-likeness (QED) is 0.564. The number of amides is 1. The number of anilines is 1. The number of fused-ring (bicyclic) bond motifs is 3. The number of phenols is 1. The lowest BCUT2D eigenvalue weighted by Gasteiger charge is -2.08. The fraction of sp³-hybridized carbons (Fsp3) is 0.136. The van der Waals surface area contributed by atoms with Crippen molar-refractivity contribution in [2.24, 2.45) is 0 Å². The highest BCUT2D eigenvalue weighted by atomic mass is 16.3. The number of para-hydroxylation sites is 2. The molecule has 0 aliphatic heterocycles. The third-order valence-electron chi connectivity index (χ3n) is 4.71. The summed E-state index contributed by atoms with van der Waals surface area (Å²) < 4.78 is 2.28. The molecule has 1 amide bonds. The lowest BCUT2D eigenvalue weighted by atomic mass is 10.1. The molecule has 0 aliphatic carbocycles. The van der Waals surface area contributed by atoms with E-state index in [0.717, 1.165) is 23.1 Å². The number of aromatic nitrogens is 1. The van der Waals surface area contributed by atoms with Crippen LogP contribution in [0.1, 0.15) is 12.5 Å². The van der Waals surface area contributed by atoms with Crippen LogP contribution in [0.2, 0.25) is 0 Å². The summed E-state index contributed by atoms with van der Waals surface area (Å²) in [6, 6.07) is 21.2. The molecule has 0 atom stereocenters. The number of aromatic hydroxyl groups is 1. The number of rotatable bonds is 4. The zero-order valence-electron chi connectivity index (χ0n) is 14.6. The van der Waals surface area contributed by atoms with Gasteiger partial charge in [-0.3, -0.25) is 4.79 Å². The summed E-state index contributed by atoms with van der Waals surface area (Å²) in [7, 11) is 0. The number of hydrogen-bond acceptors (Lipinski definition) is 2. The third-order valence-corrected chi connectivity index (χ3v) is 4.71. The molecule has 130 valence electrons. The number of benzene rings is 3. The van der Waals surface area contributed by atoms with Gasteiger partial charge in [0, 0.05) is 39.6 Å². The van der Waals surface area contributed by atoms with Crippen LogP contribution in [0.15, 0.2) is 66.7 Å². The zero-order valence-corrected chi connectivity index (χ0v) is 14.6. The topological polar surface area (TPSA) is 54.3 Å². The number of nitrogens with zero attached hydrogens (tertiary/aromatic N) is 1. The van der Waals surface area contributed by atoms with Gasteiger partial charge in [0.15, 0.2) is 0 Å². The van der Waals surface area contributed by atoms with Crippen molar-refractivity contribution in [3.05, 3.63) is 72.3 Å². The third kappa shape index (κ3) is 2.80. The highest BCUT2D eigenvalue weighted by Gasteiger charge is 2.12. The molecule has 26 heavy (non-hydrogen) atoms. The Morgan fingerprint density at radius 2 is 1.69 bits per heavy atom. The molecule has 2 N–H and O–H groups in total. The number of aryl methyl sites for hydroxylation is 1. The van der Waals surface area contributed by atoms with Crippen LogP contribution in [-0.2, 0) is 17.8 Å². The summed E-state index contributed by atoms with van der Waals surface area (Å²) in [5, 5.41) is 15.1. The van der Waals surface area contributed by atoms with Crippen molar-refractivity contribution >= 4 is 33.4 Å². The molecule has 1 heterocycles. The molecule has 4 aromatic rings. The molecule has 0 bridgehead atoms.